The molecular formula is C22H29N3S+2. The molecule has 0 unspecified atom stereocenters. The Kier molecular flexibility index (Phi) is 5.77. The van der Waals surface area contributed by atoms with E-state index in [4.69, 9.17) is 0 Å². The molecule has 1 aromatic carbocycles. The van der Waals surface area contributed by atoms with E-state index in [1.807, 2.05) is 11.3 Å². The molecule has 0 saturated heterocycles. The maximum absolute atomic E-state index is 3.42. The van der Waals surface area contributed by atoms with Crippen molar-refractivity contribution < 1.29 is 9.05 Å². The van der Waals surface area contributed by atoms with Crippen LogP contribution >= 0.6 is 11.3 Å². The molecule has 0 atom stereocenters. The lowest BCUT2D eigenvalue weighted by Gasteiger charge is -2.25. The zero-order valence-electron chi connectivity index (χ0n) is 16.3. The van der Waals surface area contributed by atoms with Crippen LogP contribution in [0.3, 0.4) is 0 Å². The van der Waals surface area contributed by atoms with E-state index < -0.39 is 0 Å². The van der Waals surface area contributed by atoms with Crippen molar-refractivity contribution in [3.8, 4) is 0 Å². The number of para-hydroxylation sites is 1. The standard InChI is InChI=1S/C22H29N3S/c1-23-20-10-5-6-11-21(20)26-22(23)12-7-9-19-13-16-24(17-14-19)15-8-18-25(2,3)4/h5-7,10-11,13-14,16-17H,8,12,15,18H2,1-4H3/q+2. The zero-order chi connectivity index (χ0) is 18.6. The Balaban J connectivity index is 1.58. The van der Waals surface area contributed by atoms with Crippen LogP contribution in [0.4, 0.5) is 0 Å². The van der Waals surface area contributed by atoms with E-state index in [2.05, 4.69) is 98.3 Å². The second-order valence-electron chi connectivity index (χ2n) is 7.77. The minimum Gasteiger partial charge on any atom is -0.354 e. The second kappa shape index (κ2) is 8.05. The Morgan fingerprint density at radius 3 is 2.58 bits per heavy atom. The van der Waals surface area contributed by atoms with Crippen molar-refractivity contribution in [2.45, 2.75) is 12.8 Å². The molecule has 0 saturated carbocycles. The number of aryl methyl sites for hydroxylation is 1. The van der Waals surface area contributed by atoms with E-state index >= 15 is 0 Å². The van der Waals surface area contributed by atoms with Crippen molar-refractivity contribution in [1.82, 2.24) is 4.90 Å². The number of benzene rings is 1. The summed E-state index contributed by atoms with van der Waals surface area (Å²) in [6.07, 6.45) is 12.8. The number of hydrogen-bond acceptors (Lipinski definition) is 2. The van der Waals surface area contributed by atoms with Crippen LogP contribution in [0, 0.1) is 0 Å². The molecule has 136 valence electrons. The fourth-order valence-electron chi connectivity index (χ4n) is 3.02. The molecule has 1 aliphatic rings. The quantitative estimate of drug-likeness (QED) is 0.428. The molecule has 26 heavy (non-hydrogen) atoms. The second-order valence-corrected chi connectivity index (χ2v) is 8.88. The smallest absolute Gasteiger partial charge is 0.242 e. The number of hydrogen-bond donors (Lipinski definition) is 0. The van der Waals surface area contributed by atoms with E-state index in [0.29, 0.717) is 0 Å². The Hall–Kier alpha value is -2.13. The molecule has 0 radical (unpaired) electrons. The molecule has 1 aromatic heterocycles. The molecule has 0 N–H and O–H groups in total. The van der Waals surface area contributed by atoms with Gasteiger partial charge in [-0.2, -0.15) is 4.57 Å². The van der Waals surface area contributed by atoms with Crippen LogP contribution < -0.4 is 4.57 Å². The summed E-state index contributed by atoms with van der Waals surface area (Å²) < 4.78 is 4.64. The first kappa shape index (κ1) is 18.7. The fraction of sp³-hybridized carbons (Fsp3) is 0.364. The monoisotopic (exact) mass is 367 g/mol. The predicted octanol–water partition coefficient (Wildman–Crippen LogP) is 3.79. The first-order chi connectivity index (χ1) is 12.4. The van der Waals surface area contributed by atoms with Gasteiger partial charge < -0.3 is 9.38 Å². The van der Waals surface area contributed by atoms with Gasteiger partial charge in [-0.1, -0.05) is 23.5 Å². The summed E-state index contributed by atoms with van der Waals surface area (Å²) in [6, 6.07) is 8.56. The lowest BCUT2D eigenvalue weighted by molar-refractivity contribution is -0.870. The molecule has 3 rings (SSSR count). The highest BCUT2D eigenvalue weighted by molar-refractivity contribution is 7.18. The number of fused-ring (bicyclic) bond motifs is 1. The average Bonchev–Trinajstić information content (AvgIpc) is 2.92. The first-order valence-electron chi connectivity index (χ1n) is 9.17. The molecular weight excluding hydrogens is 338 g/mol. The molecule has 2 aromatic rings. The number of allylic oxidation sites excluding steroid dienone is 3. The van der Waals surface area contributed by atoms with Gasteiger partial charge in [0.1, 0.15) is 11.7 Å². The number of nitrogens with zero attached hydrogens (tertiary/aromatic N) is 3. The third-order valence-corrected chi connectivity index (χ3v) is 5.75. The van der Waals surface area contributed by atoms with Crippen molar-refractivity contribution >= 4 is 21.6 Å². The summed E-state index contributed by atoms with van der Waals surface area (Å²) in [4.78, 5) is 2.26. The van der Waals surface area contributed by atoms with Gasteiger partial charge in [-0.25, -0.2) is 0 Å². The van der Waals surface area contributed by atoms with Gasteiger partial charge in [0.15, 0.2) is 0 Å². The number of aromatic nitrogens is 1. The summed E-state index contributed by atoms with van der Waals surface area (Å²) in [6.45, 7) is 2.25. The molecule has 0 amide bonds. The SMILES string of the molecule is C[n+]1c(CC=C=C2C=CN(CCC[N+](C)(C)C)C=C2)sc2ccccc21. The maximum atomic E-state index is 3.42. The van der Waals surface area contributed by atoms with Gasteiger partial charge in [-0.05, 0) is 24.3 Å². The van der Waals surface area contributed by atoms with Crippen molar-refractivity contribution in [2.24, 2.45) is 7.05 Å². The Labute approximate surface area is 161 Å². The van der Waals surface area contributed by atoms with E-state index in [0.717, 1.165) is 23.0 Å². The van der Waals surface area contributed by atoms with Crippen LogP contribution in [-0.2, 0) is 13.5 Å². The summed E-state index contributed by atoms with van der Waals surface area (Å²) in [5, 5.41) is 1.35. The summed E-state index contributed by atoms with van der Waals surface area (Å²) >= 11 is 1.86. The van der Waals surface area contributed by atoms with E-state index in [9.17, 15) is 0 Å². The molecule has 3 nitrogen and oxygen atoms in total. The fourth-order valence-corrected chi connectivity index (χ4v) is 4.13. The largest absolute Gasteiger partial charge is 0.354 e. The normalized spacial score (nSPS) is 14.2. The van der Waals surface area contributed by atoms with Gasteiger partial charge in [-0.3, -0.25) is 0 Å². The van der Waals surface area contributed by atoms with E-state index in [1.165, 1.54) is 28.2 Å². The van der Waals surface area contributed by atoms with Crippen LogP contribution in [-0.4, -0.2) is 43.6 Å². The highest BCUT2D eigenvalue weighted by Gasteiger charge is 2.14. The third kappa shape index (κ3) is 4.95. The molecule has 2 heterocycles. The molecule has 0 fully saturated rings. The molecule has 0 spiro atoms. The summed E-state index contributed by atoms with van der Waals surface area (Å²) in [5.41, 5.74) is 5.86. The van der Waals surface area contributed by atoms with Crippen molar-refractivity contribution in [2.75, 3.05) is 34.2 Å². The molecule has 0 aliphatic carbocycles. The number of thiazole rings is 1. The van der Waals surface area contributed by atoms with Gasteiger partial charge in [0.25, 0.3) is 0 Å². The minimum atomic E-state index is 0.911. The summed E-state index contributed by atoms with van der Waals surface area (Å²) in [5.74, 6) is 0. The lowest BCUT2D eigenvalue weighted by Crippen LogP contribution is -2.36. The van der Waals surface area contributed by atoms with Gasteiger partial charge in [0, 0.05) is 37.0 Å². The van der Waals surface area contributed by atoms with Gasteiger partial charge in [-0.15, -0.1) is 5.73 Å². The molecule has 4 heteroatoms. The third-order valence-electron chi connectivity index (χ3n) is 4.51. The van der Waals surface area contributed by atoms with Gasteiger partial charge in [0.05, 0.1) is 34.1 Å². The zero-order valence-corrected chi connectivity index (χ0v) is 17.1. The Morgan fingerprint density at radius 2 is 1.88 bits per heavy atom. The van der Waals surface area contributed by atoms with Crippen LogP contribution in [0.15, 0.2) is 66.2 Å². The molecule has 1 aliphatic heterocycles. The van der Waals surface area contributed by atoms with E-state index in [-0.39, 0.29) is 0 Å². The topological polar surface area (TPSA) is 7.12 Å². The highest BCUT2D eigenvalue weighted by Crippen LogP contribution is 2.20. The number of rotatable bonds is 6. The maximum Gasteiger partial charge on any atom is 0.242 e. The predicted molar refractivity (Wildman–Crippen MR) is 111 cm³/mol. The van der Waals surface area contributed by atoms with Crippen LogP contribution in [0.25, 0.3) is 10.2 Å². The average molecular weight is 368 g/mol. The Bertz CT molecular complexity index is 874. The first-order valence-corrected chi connectivity index (χ1v) is 9.98. The van der Waals surface area contributed by atoms with Crippen molar-refractivity contribution in [3.05, 3.63) is 71.2 Å². The van der Waals surface area contributed by atoms with Crippen LogP contribution in [0.1, 0.15) is 11.4 Å². The molecule has 0 bridgehead atoms. The minimum absolute atomic E-state index is 0.911. The van der Waals surface area contributed by atoms with Crippen LogP contribution in [0.5, 0.6) is 0 Å². The Morgan fingerprint density at radius 1 is 1.15 bits per heavy atom. The lowest BCUT2D eigenvalue weighted by atomic mass is 10.2. The summed E-state index contributed by atoms with van der Waals surface area (Å²) in [7, 11) is 8.86. The number of quaternary nitrogens is 1. The van der Waals surface area contributed by atoms with Gasteiger partial charge in [0.2, 0.25) is 10.5 Å². The van der Waals surface area contributed by atoms with Crippen molar-refractivity contribution in [3.63, 3.8) is 0 Å². The highest BCUT2D eigenvalue weighted by atomic mass is 32.1. The van der Waals surface area contributed by atoms with Gasteiger partial charge >= 0.3 is 0 Å². The van der Waals surface area contributed by atoms with Crippen LogP contribution in [0.2, 0.25) is 0 Å². The van der Waals surface area contributed by atoms with Crippen molar-refractivity contribution in [1.29, 1.82) is 0 Å². The van der Waals surface area contributed by atoms with E-state index in [1.54, 1.807) is 0 Å².